The summed E-state index contributed by atoms with van der Waals surface area (Å²) in [6, 6.07) is 2.42. The highest BCUT2D eigenvalue weighted by molar-refractivity contribution is 5.47. The van der Waals surface area contributed by atoms with Crippen LogP contribution in [0.15, 0.2) is 6.07 Å². The minimum atomic E-state index is 0.453. The fraction of sp³-hybridized carbons (Fsp3) is 0.692. The lowest BCUT2D eigenvalue weighted by Crippen LogP contribution is -2.16. The molecule has 2 N–H and O–H groups in total. The summed E-state index contributed by atoms with van der Waals surface area (Å²) in [5, 5.41) is 6.51. The van der Waals surface area contributed by atoms with Crippen molar-refractivity contribution in [3.8, 4) is 0 Å². The minimum Gasteiger partial charge on any atom is -0.373 e. The molecule has 0 amide bonds. The van der Waals surface area contributed by atoms with Gasteiger partial charge in [-0.1, -0.05) is 20.3 Å². The Labute approximate surface area is 104 Å². The molecule has 0 radical (unpaired) electrons. The van der Waals surface area contributed by atoms with Gasteiger partial charge in [0.15, 0.2) is 0 Å². The van der Waals surface area contributed by atoms with Crippen LogP contribution in [0.3, 0.4) is 0 Å². The van der Waals surface area contributed by atoms with Gasteiger partial charge in [0.05, 0.1) is 0 Å². The van der Waals surface area contributed by atoms with E-state index in [4.69, 9.17) is 0 Å². The average Bonchev–Trinajstić information content (AvgIpc) is 2.29. The summed E-state index contributed by atoms with van der Waals surface area (Å²) in [7, 11) is 1.89. The topological polar surface area (TPSA) is 49.8 Å². The first-order valence-electron chi connectivity index (χ1n) is 6.51. The van der Waals surface area contributed by atoms with E-state index in [9.17, 15) is 0 Å². The third-order valence-corrected chi connectivity index (χ3v) is 2.62. The van der Waals surface area contributed by atoms with Crippen LogP contribution in [-0.2, 0) is 6.42 Å². The zero-order chi connectivity index (χ0) is 12.7. The molecule has 4 nitrogen and oxygen atoms in total. The second kappa shape index (κ2) is 7.09. The number of aromatic nitrogens is 2. The maximum Gasteiger partial charge on any atom is 0.133 e. The Morgan fingerprint density at radius 3 is 2.47 bits per heavy atom. The van der Waals surface area contributed by atoms with Crippen molar-refractivity contribution in [3.63, 3.8) is 0 Å². The zero-order valence-corrected chi connectivity index (χ0v) is 11.4. The molecule has 0 aliphatic rings. The Bertz CT molecular complexity index is 338. The predicted octanol–water partition coefficient (Wildman–Crippen LogP) is 3.07. The highest BCUT2D eigenvalue weighted by atomic mass is 15.1. The summed E-state index contributed by atoms with van der Waals surface area (Å²) in [4.78, 5) is 8.96. The Hall–Kier alpha value is -1.32. The van der Waals surface area contributed by atoms with Crippen LogP contribution in [0.4, 0.5) is 11.6 Å². The third-order valence-electron chi connectivity index (χ3n) is 2.62. The molecule has 1 rings (SSSR count). The molecule has 0 bridgehead atoms. The van der Waals surface area contributed by atoms with Crippen LogP contribution >= 0.6 is 0 Å². The number of hydrogen-bond acceptors (Lipinski definition) is 4. The van der Waals surface area contributed by atoms with Gasteiger partial charge >= 0.3 is 0 Å². The predicted molar refractivity (Wildman–Crippen MR) is 73.6 cm³/mol. The monoisotopic (exact) mass is 236 g/mol. The number of nitrogens with one attached hydrogen (secondary N) is 2. The Morgan fingerprint density at radius 1 is 1.18 bits per heavy atom. The molecule has 0 aliphatic carbocycles. The van der Waals surface area contributed by atoms with Crippen LogP contribution in [0.5, 0.6) is 0 Å². The van der Waals surface area contributed by atoms with Crippen molar-refractivity contribution in [2.45, 2.75) is 52.5 Å². The lowest BCUT2D eigenvalue weighted by atomic mass is 10.2. The van der Waals surface area contributed by atoms with Gasteiger partial charge in [-0.2, -0.15) is 0 Å². The molecule has 1 atom stereocenters. The van der Waals surface area contributed by atoms with Gasteiger partial charge in [-0.15, -0.1) is 0 Å². The van der Waals surface area contributed by atoms with E-state index in [0.717, 1.165) is 36.7 Å². The maximum atomic E-state index is 4.53. The molecule has 0 saturated heterocycles. The van der Waals surface area contributed by atoms with Crippen LogP contribution in [0.1, 0.15) is 45.9 Å². The second-order valence-corrected chi connectivity index (χ2v) is 4.39. The lowest BCUT2D eigenvalue weighted by molar-refractivity contribution is 0.685. The van der Waals surface area contributed by atoms with Crippen LogP contribution in [0.25, 0.3) is 0 Å². The van der Waals surface area contributed by atoms with Crippen molar-refractivity contribution >= 4 is 11.6 Å². The number of anilines is 2. The number of nitrogens with zero attached hydrogens (tertiary/aromatic N) is 2. The molecule has 0 saturated carbocycles. The molecule has 1 unspecified atom stereocenters. The van der Waals surface area contributed by atoms with Crippen LogP contribution in [-0.4, -0.2) is 23.1 Å². The smallest absolute Gasteiger partial charge is 0.133 e. The summed E-state index contributed by atoms with van der Waals surface area (Å²) in [6.45, 7) is 6.52. The van der Waals surface area contributed by atoms with Gasteiger partial charge in [0.25, 0.3) is 0 Å². The molecule has 1 aromatic heterocycles. The summed E-state index contributed by atoms with van der Waals surface area (Å²) < 4.78 is 0. The van der Waals surface area contributed by atoms with E-state index in [1.165, 1.54) is 6.42 Å². The minimum absolute atomic E-state index is 0.453. The molecule has 0 spiro atoms. The van der Waals surface area contributed by atoms with Gasteiger partial charge in [0, 0.05) is 25.6 Å². The fourth-order valence-corrected chi connectivity index (χ4v) is 1.79. The van der Waals surface area contributed by atoms with Gasteiger partial charge < -0.3 is 10.6 Å². The van der Waals surface area contributed by atoms with E-state index in [0.29, 0.717) is 6.04 Å². The van der Waals surface area contributed by atoms with E-state index in [1.54, 1.807) is 0 Å². The third kappa shape index (κ3) is 4.59. The van der Waals surface area contributed by atoms with E-state index in [-0.39, 0.29) is 0 Å². The van der Waals surface area contributed by atoms with E-state index >= 15 is 0 Å². The molecule has 1 heterocycles. The van der Waals surface area contributed by atoms with Crippen LogP contribution < -0.4 is 10.6 Å². The van der Waals surface area contributed by atoms with E-state index in [2.05, 4.69) is 41.4 Å². The van der Waals surface area contributed by atoms with Gasteiger partial charge in [-0.3, -0.25) is 0 Å². The molecule has 17 heavy (non-hydrogen) atoms. The van der Waals surface area contributed by atoms with Gasteiger partial charge in [-0.25, -0.2) is 9.97 Å². The number of hydrogen-bond donors (Lipinski definition) is 2. The van der Waals surface area contributed by atoms with Gasteiger partial charge in [0.2, 0.25) is 0 Å². The number of rotatable bonds is 7. The van der Waals surface area contributed by atoms with Gasteiger partial charge in [0.1, 0.15) is 17.5 Å². The molecule has 96 valence electrons. The highest BCUT2D eigenvalue weighted by Gasteiger charge is 2.06. The van der Waals surface area contributed by atoms with Crippen LogP contribution in [0.2, 0.25) is 0 Å². The molecular formula is C13H24N4. The maximum absolute atomic E-state index is 4.53. The normalized spacial score (nSPS) is 12.2. The van der Waals surface area contributed by atoms with Crippen molar-refractivity contribution in [2.75, 3.05) is 17.7 Å². The SMILES string of the molecule is CCCc1nc(NC)cc(NC(C)CCC)n1. The second-order valence-electron chi connectivity index (χ2n) is 4.39. The molecule has 0 aliphatic heterocycles. The van der Waals surface area contributed by atoms with Crippen molar-refractivity contribution in [1.82, 2.24) is 9.97 Å². The van der Waals surface area contributed by atoms with E-state index in [1.807, 2.05) is 13.1 Å². The lowest BCUT2D eigenvalue weighted by Gasteiger charge is -2.15. The quantitative estimate of drug-likeness (QED) is 0.764. The summed E-state index contributed by atoms with van der Waals surface area (Å²) in [5.74, 6) is 2.72. The first-order valence-corrected chi connectivity index (χ1v) is 6.51. The largest absolute Gasteiger partial charge is 0.373 e. The average molecular weight is 236 g/mol. The molecule has 0 fully saturated rings. The first-order chi connectivity index (χ1) is 8.19. The standard InChI is InChI=1S/C13H24N4/c1-5-7-10(3)15-13-9-12(14-4)16-11(17-13)8-6-2/h9-10H,5-8H2,1-4H3,(H2,14,15,16,17). The molecule has 4 heteroatoms. The number of aryl methyl sites for hydroxylation is 1. The van der Waals surface area contributed by atoms with Gasteiger partial charge in [-0.05, 0) is 19.8 Å². The van der Waals surface area contributed by atoms with Crippen molar-refractivity contribution in [3.05, 3.63) is 11.9 Å². The summed E-state index contributed by atoms with van der Waals surface area (Å²) >= 11 is 0. The molecular weight excluding hydrogens is 212 g/mol. The van der Waals surface area contributed by atoms with E-state index < -0.39 is 0 Å². The summed E-state index contributed by atoms with van der Waals surface area (Å²) in [6.07, 6.45) is 4.32. The highest BCUT2D eigenvalue weighted by Crippen LogP contribution is 2.14. The molecule has 0 aromatic carbocycles. The first kappa shape index (κ1) is 13.7. The summed E-state index contributed by atoms with van der Waals surface area (Å²) in [5.41, 5.74) is 0. The van der Waals surface area contributed by atoms with Crippen LogP contribution in [0, 0.1) is 0 Å². The van der Waals surface area contributed by atoms with Crippen molar-refractivity contribution in [2.24, 2.45) is 0 Å². The Morgan fingerprint density at radius 2 is 1.88 bits per heavy atom. The fourth-order valence-electron chi connectivity index (χ4n) is 1.79. The van der Waals surface area contributed by atoms with Crippen molar-refractivity contribution in [1.29, 1.82) is 0 Å². The Kier molecular flexibility index (Phi) is 5.73. The zero-order valence-electron chi connectivity index (χ0n) is 11.4. The van der Waals surface area contributed by atoms with Crippen molar-refractivity contribution < 1.29 is 0 Å². The Balaban J connectivity index is 2.79. The molecule has 1 aromatic rings.